The number of ether oxygens (including phenoxy) is 4. The molecule has 0 radical (unpaired) electrons. The van der Waals surface area contributed by atoms with Gasteiger partial charge < -0.3 is 23.4 Å². The van der Waals surface area contributed by atoms with Gasteiger partial charge in [-0.2, -0.15) is 0 Å². The van der Waals surface area contributed by atoms with Crippen LogP contribution in [-0.4, -0.2) is 55.2 Å². The highest BCUT2D eigenvalue weighted by molar-refractivity contribution is 6.99. The Morgan fingerprint density at radius 3 is 2.04 bits per heavy atom. The summed E-state index contributed by atoms with van der Waals surface area (Å²) in [5, 5.41) is 2.56. The van der Waals surface area contributed by atoms with Crippen LogP contribution in [0, 0.1) is 11.5 Å². The molecule has 0 aliphatic carbocycles. The third-order valence-corrected chi connectivity index (χ3v) is 14.5. The molecule has 0 aromatic heterocycles. The quantitative estimate of drug-likeness (QED) is 0.0801. The Balaban J connectivity index is 1.48. The predicted octanol–water partition coefficient (Wildman–Crippen LogP) is 7.90. The van der Waals surface area contributed by atoms with Crippen LogP contribution < -0.4 is 15.1 Å². The van der Waals surface area contributed by atoms with Crippen LogP contribution in [0.5, 0.6) is 5.75 Å². The molecule has 252 valence electrons. The summed E-state index contributed by atoms with van der Waals surface area (Å²) in [6.07, 6.45) is 7.17. The van der Waals surface area contributed by atoms with Gasteiger partial charge in [0.15, 0.2) is 0 Å². The number of hydrogen-bond acceptors (Lipinski definition) is 5. The van der Waals surface area contributed by atoms with E-state index >= 15 is 0 Å². The van der Waals surface area contributed by atoms with Crippen molar-refractivity contribution in [3.8, 4) is 17.2 Å². The van der Waals surface area contributed by atoms with Crippen molar-refractivity contribution in [2.24, 2.45) is 0 Å². The third-order valence-electron chi connectivity index (χ3n) is 8.61. The number of unbranched alkanes of at least 4 members (excludes halogenated alkanes) is 1. The molecule has 3 aromatic carbocycles. The van der Waals surface area contributed by atoms with Gasteiger partial charge in [0.1, 0.15) is 19.9 Å². The SMILES string of the molecule is COc1ccc(CO[C@H]2CC[C@@](C#C[Si](C)(C)C)(OC)O[C@@H]2/C=C/CCCO[Si](c2ccccc2)(c2ccccc2)C(C)(C)C)cc1. The van der Waals surface area contributed by atoms with Gasteiger partial charge in [0.05, 0.1) is 19.8 Å². The molecule has 0 saturated carbocycles. The van der Waals surface area contributed by atoms with Crippen LogP contribution in [0.15, 0.2) is 97.1 Å². The summed E-state index contributed by atoms with van der Waals surface area (Å²) in [5.74, 6) is 3.29. The van der Waals surface area contributed by atoms with Crippen molar-refractivity contribution in [3.05, 3.63) is 103 Å². The van der Waals surface area contributed by atoms with E-state index in [9.17, 15) is 0 Å². The number of methoxy groups -OCH3 is 2. The monoisotopic (exact) mass is 670 g/mol. The van der Waals surface area contributed by atoms with Crippen LogP contribution in [0.4, 0.5) is 0 Å². The predicted molar refractivity (Wildman–Crippen MR) is 198 cm³/mol. The van der Waals surface area contributed by atoms with Gasteiger partial charge >= 0.3 is 0 Å². The summed E-state index contributed by atoms with van der Waals surface area (Å²) in [6.45, 7) is 14.8. The molecule has 1 fully saturated rings. The summed E-state index contributed by atoms with van der Waals surface area (Å²) in [6, 6.07) is 29.6. The molecule has 0 spiro atoms. The van der Waals surface area contributed by atoms with Crippen LogP contribution in [0.1, 0.15) is 52.0 Å². The van der Waals surface area contributed by atoms with E-state index < -0.39 is 22.2 Å². The van der Waals surface area contributed by atoms with Gasteiger partial charge in [-0.15, -0.1) is 5.54 Å². The summed E-state index contributed by atoms with van der Waals surface area (Å²) in [4.78, 5) is 0. The summed E-state index contributed by atoms with van der Waals surface area (Å²) in [7, 11) is -0.804. The Kier molecular flexibility index (Phi) is 12.9. The van der Waals surface area contributed by atoms with Crippen molar-refractivity contribution in [2.45, 2.75) is 95.7 Å². The molecule has 1 heterocycles. The van der Waals surface area contributed by atoms with Crippen molar-refractivity contribution in [1.29, 1.82) is 0 Å². The Bertz CT molecular complexity index is 1430. The molecule has 1 saturated heterocycles. The zero-order valence-electron chi connectivity index (χ0n) is 29.7. The lowest BCUT2D eigenvalue weighted by atomic mass is 9.97. The lowest BCUT2D eigenvalue weighted by Crippen LogP contribution is -2.66. The third kappa shape index (κ3) is 9.79. The van der Waals surface area contributed by atoms with Crippen molar-refractivity contribution >= 4 is 26.8 Å². The van der Waals surface area contributed by atoms with Crippen LogP contribution in [-0.2, 0) is 25.2 Å². The minimum atomic E-state index is -2.56. The lowest BCUT2D eigenvalue weighted by Gasteiger charge is -2.43. The fourth-order valence-electron chi connectivity index (χ4n) is 6.11. The highest BCUT2D eigenvalue weighted by Crippen LogP contribution is 2.37. The van der Waals surface area contributed by atoms with Crippen LogP contribution in [0.25, 0.3) is 0 Å². The van der Waals surface area contributed by atoms with Crippen molar-refractivity contribution in [2.75, 3.05) is 20.8 Å². The molecule has 0 bridgehead atoms. The summed E-state index contributed by atoms with van der Waals surface area (Å²) in [5.41, 5.74) is 4.57. The fraction of sp³-hybridized carbons (Fsp3) is 0.450. The van der Waals surface area contributed by atoms with Gasteiger partial charge in [-0.3, -0.25) is 0 Å². The first-order valence-electron chi connectivity index (χ1n) is 16.8. The Morgan fingerprint density at radius 2 is 1.51 bits per heavy atom. The minimum Gasteiger partial charge on any atom is -0.497 e. The van der Waals surface area contributed by atoms with Gasteiger partial charge in [-0.1, -0.05) is 125 Å². The van der Waals surface area contributed by atoms with Crippen molar-refractivity contribution < 1.29 is 23.4 Å². The summed E-state index contributed by atoms with van der Waals surface area (Å²) >= 11 is 0. The average Bonchev–Trinajstić information content (AvgIpc) is 3.06. The van der Waals surface area contributed by atoms with Gasteiger partial charge in [0.2, 0.25) is 5.79 Å². The first-order chi connectivity index (χ1) is 22.4. The van der Waals surface area contributed by atoms with Gasteiger partial charge in [-0.25, -0.2) is 0 Å². The van der Waals surface area contributed by atoms with E-state index in [0.29, 0.717) is 19.6 Å². The number of benzene rings is 3. The zero-order valence-corrected chi connectivity index (χ0v) is 31.7. The lowest BCUT2D eigenvalue weighted by molar-refractivity contribution is -0.251. The highest BCUT2D eigenvalue weighted by Gasteiger charge is 2.50. The molecule has 5 nitrogen and oxygen atoms in total. The van der Waals surface area contributed by atoms with Gasteiger partial charge in [0, 0.05) is 20.1 Å². The fourth-order valence-corrected chi connectivity index (χ4v) is 11.3. The summed E-state index contributed by atoms with van der Waals surface area (Å²) < 4.78 is 31.5. The highest BCUT2D eigenvalue weighted by atomic mass is 28.4. The normalized spacial score (nSPS) is 20.5. The Labute approximate surface area is 285 Å². The van der Waals surface area contributed by atoms with E-state index in [2.05, 4.69) is 125 Å². The molecule has 47 heavy (non-hydrogen) atoms. The topological polar surface area (TPSA) is 46.2 Å². The molecule has 0 amide bonds. The second kappa shape index (κ2) is 16.4. The van der Waals surface area contributed by atoms with Gasteiger partial charge in [0.25, 0.3) is 8.32 Å². The van der Waals surface area contributed by atoms with Crippen molar-refractivity contribution in [1.82, 2.24) is 0 Å². The molecule has 1 aliphatic heterocycles. The largest absolute Gasteiger partial charge is 0.497 e. The first kappa shape index (κ1) is 36.9. The molecule has 3 aromatic rings. The Morgan fingerprint density at radius 1 is 0.894 bits per heavy atom. The smallest absolute Gasteiger partial charge is 0.261 e. The second-order valence-electron chi connectivity index (χ2n) is 14.4. The van der Waals surface area contributed by atoms with E-state index in [4.69, 9.17) is 23.4 Å². The number of rotatable bonds is 13. The van der Waals surface area contributed by atoms with Gasteiger partial charge in [-0.05, 0) is 58.3 Å². The molecule has 1 aliphatic rings. The van der Waals surface area contributed by atoms with E-state index in [-0.39, 0.29) is 17.2 Å². The van der Waals surface area contributed by atoms with E-state index in [1.807, 2.05) is 24.3 Å². The minimum absolute atomic E-state index is 0.0453. The average molecular weight is 671 g/mol. The standard InChI is InChI=1S/C40H54O5Si2/c1-39(2,3)47(35-18-12-9-13-19-35,36-20-14-10-15-21-36)44-30-17-11-16-22-38-37(43-32-33-23-25-34(41-4)26-24-33)27-28-40(42-5,45-38)29-31-46(6,7)8/h9-10,12-16,18-26,37-38H,11,17,27-28,30,32H2,1-8H3/b22-16+/t37-,38+,40+/m0/s1. The molecular formula is C40H54O5Si2. The molecule has 7 heteroatoms. The Hall–Kier alpha value is -2.97. The van der Waals surface area contributed by atoms with E-state index in [1.165, 1.54) is 10.4 Å². The maximum Gasteiger partial charge on any atom is 0.261 e. The van der Waals surface area contributed by atoms with Crippen LogP contribution in [0.3, 0.4) is 0 Å². The number of allylic oxidation sites excluding steroid dienone is 1. The second-order valence-corrected chi connectivity index (χ2v) is 23.4. The molecule has 0 N–H and O–H groups in total. The molecule has 0 unspecified atom stereocenters. The zero-order chi connectivity index (χ0) is 34.0. The molecular weight excluding hydrogens is 617 g/mol. The first-order valence-corrected chi connectivity index (χ1v) is 22.3. The van der Waals surface area contributed by atoms with E-state index in [0.717, 1.165) is 30.6 Å². The maximum absolute atomic E-state index is 7.10. The van der Waals surface area contributed by atoms with E-state index in [1.54, 1.807) is 14.2 Å². The number of hydrogen-bond donors (Lipinski definition) is 0. The maximum atomic E-state index is 7.10. The van der Waals surface area contributed by atoms with Crippen LogP contribution in [0.2, 0.25) is 24.7 Å². The van der Waals surface area contributed by atoms with Crippen LogP contribution >= 0.6 is 0 Å². The van der Waals surface area contributed by atoms with Crippen molar-refractivity contribution in [3.63, 3.8) is 0 Å². The molecule has 3 atom stereocenters. The molecule has 4 rings (SSSR count).